The SMILES string of the molecule is CC(CO)N(C)c1nc2cc(N)ccc2o1. The van der Waals surface area contributed by atoms with Crippen LogP contribution in [0.25, 0.3) is 11.1 Å². The van der Waals surface area contributed by atoms with Gasteiger partial charge in [0.15, 0.2) is 5.58 Å². The molecule has 86 valence electrons. The summed E-state index contributed by atoms with van der Waals surface area (Å²) in [5.74, 6) is 0. The van der Waals surface area contributed by atoms with Gasteiger partial charge >= 0.3 is 0 Å². The van der Waals surface area contributed by atoms with E-state index in [9.17, 15) is 0 Å². The van der Waals surface area contributed by atoms with Crippen molar-refractivity contribution in [3.8, 4) is 0 Å². The van der Waals surface area contributed by atoms with Gasteiger partial charge in [-0.05, 0) is 25.1 Å². The van der Waals surface area contributed by atoms with E-state index in [0.29, 0.717) is 17.3 Å². The number of nitrogens with zero attached hydrogens (tertiary/aromatic N) is 2. The predicted molar refractivity (Wildman–Crippen MR) is 63.4 cm³/mol. The van der Waals surface area contributed by atoms with Gasteiger partial charge < -0.3 is 20.2 Å². The van der Waals surface area contributed by atoms with Crippen LogP contribution >= 0.6 is 0 Å². The van der Waals surface area contributed by atoms with Gasteiger partial charge in [-0.2, -0.15) is 4.98 Å². The van der Waals surface area contributed by atoms with Gasteiger partial charge in [0.1, 0.15) is 5.52 Å². The zero-order valence-corrected chi connectivity index (χ0v) is 9.34. The molecule has 1 aromatic heterocycles. The molecule has 2 aromatic rings. The van der Waals surface area contributed by atoms with Crippen LogP contribution in [0.5, 0.6) is 0 Å². The Labute approximate surface area is 93.5 Å². The molecule has 5 nitrogen and oxygen atoms in total. The van der Waals surface area contributed by atoms with Gasteiger partial charge in [-0.15, -0.1) is 0 Å². The van der Waals surface area contributed by atoms with E-state index in [1.807, 2.05) is 14.0 Å². The monoisotopic (exact) mass is 221 g/mol. The maximum absolute atomic E-state index is 9.05. The van der Waals surface area contributed by atoms with E-state index in [4.69, 9.17) is 15.3 Å². The van der Waals surface area contributed by atoms with Crippen molar-refractivity contribution in [3.63, 3.8) is 0 Å². The molecular weight excluding hydrogens is 206 g/mol. The number of likely N-dealkylation sites (N-methyl/N-ethyl adjacent to an activating group) is 1. The number of rotatable bonds is 3. The zero-order chi connectivity index (χ0) is 11.7. The summed E-state index contributed by atoms with van der Waals surface area (Å²) in [7, 11) is 1.83. The number of oxazole rings is 1. The molecule has 1 heterocycles. The number of nitrogen functional groups attached to an aromatic ring is 1. The molecule has 0 bridgehead atoms. The molecule has 0 aliphatic carbocycles. The Morgan fingerprint density at radius 2 is 2.31 bits per heavy atom. The summed E-state index contributed by atoms with van der Waals surface area (Å²) in [5, 5.41) is 9.05. The minimum absolute atomic E-state index is 0.0367. The number of fused-ring (bicyclic) bond motifs is 1. The van der Waals surface area contributed by atoms with Crippen LogP contribution in [-0.2, 0) is 0 Å². The number of anilines is 2. The van der Waals surface area contributed by atoms with Crippen molar-refractivity contribution >= 4 is 22.8 Å². The molecule has 0 aliphatic heterocycles. The highest BCUT2D eigenvalue weighted by Gasteiger charge is 2.15. The molecule has 0 aliphatic rings. The van der Waals surface area contributed by atoms with E-state index in [1.165, 1.54) is 0 Å². The number of aliphatic hydroxyl groups is 1. The minimum Gasteiger partial charge on any atom is -0.423 e. The summed E-state index contributed by atoms with van der Waals surface area (Å²) in [6.07, 6.45) is 0. The van der Waals surface area contributed by atoms with E-state index in [-0.39, 0.29) is 12.6 Å². The third-order valence-electron chi connectivity index (χ3n) is 2.63. The number of hydrogen-bond acceptors (Lipinski definition) is 5. The Balaban J connectivity index is 2.39. The van der Waals surface area contributed by atoms with Crippen LogP contribution < -0.4 is 10.6 Å². The van der Waals surface area contributed by atoms with E-state index in [1.54, 1.807) is 23.1 Å². The van der Waals surface area contributed by atoms with Crippen molar-refractivity contribution < 1.29 is 9.52 Å². The molecule has 1 atom stereocenters. The van der Waals surface area contributed by atoms with Crippen LogP contribution in [0.1, 0.15) is 6.92 Å². The molecule has 0 saturated carbocycles. The Morgan fingerprint density at radius 3 is 3.00 bits per heavy atom. The second-order valence-corrected chi connectivity index (χ2v) is 3.87. The molecule has 1 aromatic carbocycles. The third kappa shape index (κ3) is 1.81. The fraction of sp³-hybridized carbons (Fsp3) is 0.364. The van der Waals surface area contributed by atoms with Crippen molar-refractivity contribution in [3.05, 3.63) is 18.2 Å². The molecular formula is C11H15N3O2. The highest BCUT2D eigenvalue weighted by atomic mass is 16.4. The standard InChI is InChI=1S/C11H15N3O2/c1-7(6-15)14(2)11-13-9-5-8(12)3-4-10(9)16-11/h3-5,7,15H,6,12H2,1-2H3. The van der Waals surface area contributed by atoms with E-state index in [2.05, 4.69) is 4.98 Å². The summed E-state index contributed by atoms with van der Waals surface area (Å²) in [6.45, 7) is 1.95. The van der Waals surface area contributed by atoms with Gasteiger partial charge in [0, 0.05) is 12.7 Å². The largest absolute Gasteiger partial charge is 0.423 e. The summed E-state index contributed by atoms with van der Waals surface area (Å²) < 4.78 is 5.56. The van der Waals surface area contributed by atoms with Gasteiger partial charge in [0.2, 0.25) is 0 Å². The van der Waals surface area contributed by atoms with Crippen LogP contribution in [0.3, 0.4) is 0 Å². The lowest BCUT2D eigenvalue weighted by Gasteiger charge is -2.20. The maximum atomic E-state index is 9.05. The summed E-state index contributed by atoms with van der Waals surface area (Å²) in [4.78, 5) is 6.10. The molecule has 0 amide bonds. The number of aliphatic hydroxyl groups excluding tert-OH is 1. The molecule has 0 saturated heterocycles. The Morgan fingerprint density at radius 1 is 1.56 bits per heavy atom. The fourth-order valence-corrected chi connectivity index (χ4v) is 1.39. The van der Waals surface area contributed by atoms with Crippen molar-refractivity contribution in [2.75, 3.05) is 24.3 Å². The number of nitrogens with two attached hydrogens (primary N) is 1. The Kier molecular flexibility index (Phi) is 2.70. The molecule has 0 fully saturated rings. The molecule has 0 radical (unpaired) electrons. The molecule has 2 rings (SSSR count). The molecule has 0 spiro atoms. The van der Waals surface area contributed by atoms with Gasteiger partial charge in [0.05, 0.1) is 12.6 Å². The van der Waals surface area contributed by atoms with E-state index >= 15 is 0 Å². The first-order valence-corrected chi connectivity index (χ1v) is 5.11. The highest BCUT2D eigenvalue weighted by Crippen LogP contribution is 2.23. The first kappa shape index (κ1) is 10.8. The van der Waals surface area contributed by atoms with Crippen molar-refractivity contribution in [1.82, 2.24) is 4.98 Å². The normalized spacial score (nSPS) is 12.9. The van der Waals surface area contributed by atoms with Crippen LogP contribution in [-0.4, -0.2) is 29.8 Å². The first-order valence-electron chi connectivity index (χ1n) is 5.11. The van der Waals surface area contributed by atoms with Crippen LogP contribution in [0, 0.1) is 0 Å². The first-order chi connectivity index (χ1) is 7.61. The van der Waals surface area contributed by atoms with Crippen molar-refractivity contribution in [2.45, 2.75) is 13.0 Å². The quantitative estimate of drug-likeness (QED) is 0.762. The van der Waals surface area contributed by atoms with Crippen LogP contribution in [0.4, 0.5) is 11.7 Å². The van der Waals surface area contributed by atoms with Crippen LogP contribution in [0.2, 0.25) is 0 Å². The Bertz CT molecular complexity index is 495. The molecule has 16 heavy (non-hydrogen) atoms. The van der Waals surface area contributed by atoms with Crippen molar-refractivity contribution in [2.24, 2.45) is 0 Å². The minimum atomic E-state index is -0.0367. The van der Waals surface area contributed by atoms with Gasteiger partial charge in [0.25, 0.3) is 6.01 Å². The molecule has 1 unspecified atom stereocenters. The Hall–Kier alpha value is -1.75. The van der Waals surface area contributed by atoms with Crippen LogP contribution in [0.15, 0.2) is 22.6 Å². The number of aromatic nitrogens is 1. The van der Waals surface area contributed by atoms with E-state index in [0.717, 1.165) is 5.52 Å². The number of hydrogen-bond donors (Lipinski definition) is 2. The summed E-state index contributed by atoms with van der Waals surface area (Å²) >= 11 is 0. The molecule has 5 heteroatoms. The van der Waals surface area contributed by atoms with Crippen molar-refractivity contribution in [1.29, 1.82) is 0 Å². The third-order valence-corrected chi connectivity index (χ3v) is 2.63. The van der Waals surface area contributed by atoms with Gasteiger partial charge in [-0.3, -0.25) is 0 Å². The number of benzene rings is 1. The summed E-state index contributed by atoms with van der Waals surface area (Å²) in [5.41, 5.74) is 7.74. The predicted octanol–water partition coefficient (Wildman–Crippen LogP) is 1.23. The lowest BCUT2D eigenvalue weighted by molar-refractivity contribution is 0.267. The fourth-order valence-electron chi connectivity index (χ4n) is 1.39. The smallest absolute Gasteiger partial charge is 0.298 e. The average molecular weight is 221 g/mol. The van der Waals surface area contributed by atoms with Gasteiger partial charge in [-0.25, -0.2) is 0 Å². The second-order valence-electron chi connectivity index (χ2n) is 3.87. The topological polar surface area (TPSA) is 75.5 Å². The lowest BCUT2D eigenvalue weighted by Crippen LogP contribution is -2.31. The summed E-state index contributed by atoms with van der Waals surface area (Å²) in [6, 6.07) is 5.78. The van der Waals surface area contributed by atoms with E-state index < -0.39 is 0 Å². The molecule has 3 N–H and O–H groups in total. The lowest BCUT2D eigenvalue weighted by atomic mass is 10.3. The zero-order valence-electron chi connectivity index (χ0n) is 9.34. The average Bonchev–Trinajstić information content (AvgIpc) is 2.69. The second kappa shape index (κ2) is 4.02. The highest BCUT2D eigenvalue weighted by molar-refractivity contribution is 5.78. The van der Waals surface area contributed by atoms with Gasteiger partial charge in [-0.1, -0.05) is 0 Å². The maximum Gasteiger partial charge on any atom is 0.298 e.